The molecule has 1 fully saturated rings. The lowest BCUT2D eigenvalue weighted by atomic mass is 10.1. The van der Waals surface area contributed by atoms with Gasteiger partial charge in [-0.25, -0.2) is 4.79 Å². The van der Waals surface area contributed by atoms with E-state index in [9.17, 15) is 4.79 Å². The smallest absolute Gasteiger partial charge is 0.210 e. The van der Waals surface area contributed by atoms with Crippen LogP contribution >= 0.6 is 0 Å². The summed E-state index contributed by atoms with van der Waals surface area (Å²) in [4.78, 5) is 12.8. The molecule has 2 heteroatoms. The summed E-state index contributed by atoms with van der Waals surface area (Å²) < 4.78 is 0. The minimum atomic E-state index is 0.483. The van der Waals surface area contributed by atoms with E-state index in [4.69, 9.17) is 0 Å². The van der Waals surface area contributed by atoms with Crippen molar-refractivity contribution in [2.24, 2.45) is 10.9 Å². The summed E-state index contributed by atoms with van der Waals surface area (Å²) in [6.45, 7) is 0. The lowest BCUT2D eigenvalue weighted by Gasteiger charge is -1.92. The molecule has 0 spiro atoms. The van der Waals surface area contributed by atoms with Gasteiger partial charge in [0.2, 0.25) is 6.08 Å². The number of isocyanates is 1. The molecule has 1 saturated carbocycles. The third-order valence-electron chi connectivity index (χ3n) is 1.73. The fourth-order valence-electron chi connectivity index (χ4n) is 1.22. The number of nitrogens with zero attached hydrogens (tertiary/aromatic N) is 1. The van der Waals surface area contributed by atoms with Crippen molar-refractivity contribution < 1.29 is 4.79 Å². The van der Waals surface area contributed by atoms with E-state index in [0.29, 0.717) is 5.92 Å². The molecule has 0 aromatic carbocycles. The Hall–Kier alpha value is -1.06. The average molecular weight is 135 g/mol. The van der Waals surface area contributed by atoms with Crippen LogP contribution in [0.1, 0.15) is 25.7 Å². The monoisotopic (exact) mass is 135 g/mol. The highest BCUT2D eigenvalue weighted by Crippen LogP contribution is 2.23. The topological polar surface area (TPSA) is 29.4 Å². The van der Waals surface area contributed by atoms with Gasteiger partial charge in [0.25, 0.3) is 0 Å². The van der Waals surface area contributed by atoms with Crippen LogP contribution in [0.3, 0.4) is 0 Å². The van der Waals surface area contributed by atoms with Crippen LogP contribution in [0.5, 0.6) is 0 Å². The highest BCUT2D eigenvalue weighted by Gasteiger charge is 2.11. The first-order valence-electron chi connectivity index (χ1n) is 3.51. The summed E-state index contributed by atoms with van der Waals surface area (Å²) in [5.41, 5.74) is 0. The van der Waals surface area contributed by atoms with Crippen LogP contribution in [0.4, 0.5) is 0 Å². The van der Waals surface area contributed by atoms with Gasteiger partial charge in [0, 0.05) is 12.0 Å². The van der Waals surface area contributed by atoms with Crippen molar-refractivity contribution in [2.45, 2.75) is 25.7 Å². The van der Waals surface area contributed by atoms with E-state index < -0.39 is 0 Å². The molecule has 0 aromatic heterocycles. The molecular weight excluding hydrogens is 126 g/mol. The molecule has 0 bridgehead atoms. The zero-order valence-electron chi connectivity index (χ0n) is 5.76. The molecule has 0 unspecified atom stereocenters. The minimum absolute atomic E-state index is 0.483. The second-order valence-electron chi connectivity index (χ2n) is 2.44. The van der Waals surface area contributed by atoms with Crippen LogP contribution in [0.2, 0.25) is 0 Å². The van der Waals surface area contributed by atoms with E-state index in [1.54, 1.807) is 0 Å². The molecule has 0 aliphatic heterocycles. The maximum Gasteiger partial charge on any atom is 0.249 e. The summed E-state index contributed by atoms with van der Waals surface area (Å²) in [5.74, 6) is 3.39. The molecule has 0 radical (unpaired) electrons. The quantitative estimate of drug-likeness (QED) is 0.281. The van der Waals surface area contributed by atoms with E-state index in [1.807, 2.05) is 0 Å². The standard InChI is InChI=1S/C8H9NO/c10-7-9-6-5-8-3-1-2-4-8/h8H,1-4H2. The van der Waals surface area contributed by atoms with Gasteiger partial charge in [-0.1, -0.05) is 18.8 Å². The van der Waals surface area contributed by atoms with Crippen LogP contribution in [-0.4, -0.2) is 6.08 Å². The number of rotatable bonds is 0. The predicted octanol–water partition coefficient (Wildman–Crippen LogP) is 1.47. The Labute approximate surface area is 60.3 Å². The summed E-state index contributed by atoms with van der Waals surface area (Å²) in [7, 11) is 0. The Balaban J connectivity index is 2.37. The molecule has 0 saturated heterocycles. The maximum absolute atomic E-state index is 9.58. The predicted molar refractivity (Wildman–Crippen MR) is 37.9 cm³/mol. The lowest BCUT2D eigenvalue weighted by molar-refractivity contribution is 0.565. The first kappa shape index (κ1) is 7.05. The van der Waals surface area contributed by atoms with Crippen molar-refractivity contribution in [3.8, 4) is 12.0 Å². The highest BCUT2D eigenvalue weighted by molar-refractivity contribution is 5.36. The number of carbonyl (C=O) groups excluding carboxylic acids is 1. The molecule has 52 valence electrons. The van der Waals surface area contributed by atoms with Crippen molar-refractivity contribution >= 4 is 6.08 Å². The molecule has 0 aromatic rings. The van der Waals surface area contributed by atoms with Gasteiger partial charge in [0.15, 0.2) is 0 Å². The van der Waals surface area contributed by atoms with Crippen molar-refractivity contribution in [1.29, 1.82) is 0 Å². The Kier molecular flexibility index (Phi) is 2.73. The lowest BCUT2D eigenvalue weighted by Crippen LogP contribution is -1.84. The molecule has 0 atom stereocenters. The normalized spacial score (nSPS) is 17.2. The van der Waals surface area contributed by atoms with Gasteiger partial charge in [-0.15, -0.1) is 4.99 Å². The van der Waals surface area contributed by atoms with Gasteiger partial charge in [-0.05, 0) is 12.8 Å². The number of hydrogen-bond acceptors (Lipinski definition) is 2. The maximum atomic E-state index is 9.58. The Bertz CT molecular complexity index is 199. The Morgan fingerprint density at radius 3 is 2.60 bits per heavy atom. The fourth-order valence-corrected chi connectivity index (χ4v) is 1.22. The van der Waals surface area contributed by atoms with Crippen molar-refractivity contribution in [2.75, 3.05) is 0 Å². The van der Waals surface area contributed by atoms with Crippen LogP contribution in [-0.2, 0) is 4.79 Å². The molecular formula is C8H9NO. The molecule has 1 aliphatic carbocycles. The summed E-state index contributed by atoms with van der Waals surface area (Å²) >= 11 is 0. The van der Waals surface area contributed by atoms with E-state index in [2.05, 4.69) is 17.0 Å². The van der Waals surface area contributed by atoms with Crippen LogP contribution in [0.15, 0.2) is 4.99 Å². The zero-order chi connectivity index (χ0) is 7.23. The first-order chi connectivity index (χ1) is 4.93. The first-order valence-corrected chi connectivity index (χ1v) is 3.51. The van der Waals surface area contributed by atoms with Crippen molar-refractivity contribution in [3.05, 3.63) is 0 Å². The molecule has 10 heavy (non-hydrogen) atoms. The van der Waals surface area contributed by atoms with Gasteiger partial charge >= 0.3 is 0 Å². The molecule has 0 amide bonds. The Morgan fingerprint density at radius 1 is 1.30 bits per heavy atom. The van der Waals surface area contributed by atoms with Crippen LogP contribution in [0, 0.1) is 17.9 Å². The SMILES string of the molecule is O=C=NC#CC1CCCC1. The van der Waals surface area contributed by atoms with Gasteiger partial charge in [-0.3, -0.25) is 0 Å². The van der Waals surface area contributed by atoms with Gasteiger partial charge in [0.1, 0.15) is 0 Å². The summed E-state index contributed by atoms with van der Waals surface area (Å²) in [6, 6.07) is 2.43. The minimum Gasteiger partial charge on any atom is -0.210 e. The Morgan fingerprint density at radius 2 is 2.00 bits per heavy atom. The van der Waals surface area contributed by atoms with E-state index in [1.165, 1.54) is 31.8 Å². The third-order valence-corrected chi connectivity index (χ3v) is 1.73. The summed E-state index contributed by atoms with van der Waals surface area (Å²) in [5, 5.41) is 0. The largest absolute Gasteiger partial charge is 0.249 e. The van der Waals surface area contributed by atoms with Crippen LogP contribution < -0.4 is 0 Å². The second kappa shape index (κ2) is 3.87. The summed E-state index contributed by atoms with van der Waals surface area (Å²) in [6.07, 6.45) is 6.27. The van der Waals surface area contributed by atoms with E-state index in [0.717, 1.165) is 0 Å². The van der Waals surface area contributed by atoms with Gasteiger partial charge in [-0.2, -0.15) is 0 Å². The average Bonchev–Trinajstić information content (AvgIpc) is 2.41. The van der Waals surface area contributed by atoms with E-state index in [-0.39, 0.29) is 0 Å². The molecule has 2 nitrogen and oxygen atoms in total. The van der Waals surface area contributed by atoms with Gasteiger partial charge < -0.3 is 0 Å². The van der Waals surface area contributed by atoms with Crippen LogP contribution in [0.25, 0.3) is 0 Å². The number of aliphatic imine (C=N–C) groups is 1. The molecule has 0 N–H and O–H groups in total. The highest BCUT2D eigenvalue weighted by atomic mass is 16.1. The number of hydrogen-bond donors (Lipinski definition) is 0. The molecule has 1 aliphatic rings. The fraction of sp³-hybridized carbons (Fsp3) is 0.625. The van der Waals surface area contributed by atoms with E-state index >= 15 is 0 Å². The van der Waals surface area contributed by atoms with Crippen molar-refractivity contribution in [3.63, 3.8) is 0 Å². The third kappa shape index (κ3) is 2.05. The molecule has 0 heterocycles. The second-order valence-corrected chi connectivity index (χ2v) is 2.44. The molecule has 1 rings (SSSR count). The van der Waals surface area contributed by atoms with Gasteiger partial charge in [0.05, 0.1) is 0 Å². The zero-order valence-corrected chi connectivity index (χ0v) is 5.76. The van der Waals surface area contributed by atoms with Crippen molar-refractivity contribution in [1.82, 2.24) is 0 Å².